The van der Waals surface area contributed by atoms with Crippen molar-refractivity contribution in [2.75, 3.05) is 44.6 Å². The molecule has 0 saturated carbocycles. The standard InChI is InChI=1S/C18H27N5O3S/c1-4-22(5-2)27(25,26)23-11-9-21(10-12-23)15(3)18(24)20-17-8-6-7-16(13-17)14-19/h6-8,13,15H,4-5,9-12H2,1-3H3,(H,20,24). The number of carbonyl (C=O) groups excluding carboxylic acids is 1. The summed E-state index contributed by atoms with van der Waals surface area (Å²) in [6, 6.07) is 8.40. The Labute approximate surface area is 161 Å². The summed E-state index contributed by atoms with van der Waals surface area (Å²) in [6.07, 6.45) is 0. The van der Waals surface area contributed by atoms with E-state index in [1.54, 1.807) is 31.2 Å². The minimum Gasteiger partial charge on any atom is -0.325 e. The Morgan fingerprint density at radius 2 is 1.89 bits per heavy atom. The van der Waals surface area contributed by atoms with Gasteiger partial charge in [-0.05, 0) is 25.1 Å². The van der Waals surface area contributed by atoms with Crippen LogP contribution >= 0.6 is 0 Å². The lowest BCUT2D eigenvalue weighted by Gasteiger charge is -2.38. The fraction of sp³-hybridized carbons (Fsp3) is 0.556. The van der Waals surface area contributed by atoms with E-state index in [2.05, 4.69) is 5.32 Å². The van der Waals surface area contributed by atoms with Crippen LogP contribution in [0.15, 0.2) is 24.3 Å². The number of benzene rings is 1. The van der Waals surface area contributed by atoms with E-state index in [4.69, 9.17) is 5.26 Å². The molecule has 1 saturated heterocycles. The van der Waals surface area contributed by atoms with Crippen LogP contribution in [0.1, 0.15) is 26.3 Å². The third-order valence-corrected chi connectivity index (χ3v) is 7.00. The molecule has 148 valence electrons. The Balaban J connectivity index is 1.95. The summed E-state index contributed by atoms with van der Waals surface area (Å²) in [5, 5.41) is 11.8. The van der Waals surface area contributed by atoms with Gasteiger partial charge in [-0.25, -0.2) is 0 Å². The molecule has 1 atom stereocenters. The van der Waals surface area contributed by atoms with E-state index in [9.17, 15) is 13.2 Å². The van der Waals surface area contributed by atoms with Crippen molar-refractivity contribution >= 4 is 21.8 Å². The first-order valence-electron chi connectivity index (χ1n) is 9.13. The molecule has 1 unspecified atom stereocenters. The average molecular weight is 394 g/mol. The first kappa shape index (κ1) is 21.3. The van der Waals surface area contributed by atoms with E-state index in [1.165, 1.54) is 8.61 Å². The fourth-order valence-corrected chi connectivity index (χ4v) is 4.72. The van der Waals surface area contributed by atoms with Gasteiger partial charge in [0.1, 0.15) is 0 Å². The third-order valence-electron chi connectivity index (χ3n) is 4.82. The molecule has 2 rings (SSSR count). The summed E-state index contributed by atoms with van der Waals surface area (Å²) in [6.45, 7) is 8.05. The number of nitrogens with one attached hydrogen (secondary N) is 1. The molecule has 1 aromatic carbocycles. The van der Waals surface area contributed by atoms with Gasteiger partial charge < -0.3 is 5.32 Å². The summed E-state index contributed by atoms with van der Waals surface area (Å²) in [4.78, 5) is 14.5. The van der Waals surface area contributed by atoms with Crippen molar-refractivity contribution in [2.24, 2.45) is 0 Å². The van der Waals surface area contributed by atoms with Gasteiger partial charge in [-0.3, -0.25) is 9.69 Å². The largest absolute Gasteiger partial charge is 0.325 e. The molecular formula is C18H27N5O3S. The SMILES string of the molecule is CCN(CC)S(=O)(=O)N1CCN(C(C)C(=O)Nc2cccc(C#N)c2)CC1. The molecule has 0 radical (unpaired) electrons. The molecule has 8 nitrogen and oxygen atoms in total. The second-order valence-electron chi connectivity index (χ2n) is 6.38. The molecule has 0 aliphatic carbocycles. The molecule has 0 aromatic heterocycles. The predicted molar refractivity (Wildman–Crippen MR) is 104 cm³/mol. The Morgan fingerprint density at radius 3 is 2.44 bits per heavy atom. The maximum Gasteiger partial charge on any atom is 0.282 e. The topological polar surface area (TPSA) is 96.8 Å². The third kappa shape index (κ3) is 5.05. The van der Waals surface area contributed by atoms with Crippen LogP contribution in [0.2, 0.25) is 0 Å². The maximum absolute atomic E-state index is 12.6. The zero-order chi connectivity index (χ0) is 20.0. The first-order chi connectivity index (χ1) is 12.8. The van der Waals surface area contributed by atoms with Gasteiger partial charge in [-0.1, -0.05) is 19.9 Å². The molecular weight excluding hydrogens is 366 g/mol. The van der Waals surface area contributed by atoms with E-state index in [1.807, 2.05) is 24.8 Å². The zero-order valence-electron chi connectivity index (χ0n) is 16.1. The number of nitriles is 1. The van der Waals surface area contributed by atoms with E-state index < -0.39 is 16.3 Å². The highest BCUT2D eigenvalue weighted by Gasteiger charge is 2.33. The molecule has 0 spiro atoms. The molecule has 1 aliphatic rings. The maximum atomic E-state index is 12.6. The minimum absolute atomic E-state index is 0.176. The van der Waals surface area contributed by atoms with Crippen LogP contribution in [0.3, 0.4) is 0 Å². The lowest BCUT2D eigenvalue weighted by atomic mass is 10.2. The van der Waals surface area contributed by atoms with Gasteiger partial charge in [-0.15, -0.1) is 0 Å². The number of hydrogen-bond acceptors (Lipinski definition) is 5. The fourth-order valence-electron chi connectivity index (χ4n) is 3.11. The molecule has 27 heavy (non-hydrogen) atoms. The van der Waals surface area contributed by atoms with Crippen LogP contribution in [0.4, 0.5) is 5.69 Å². The number of carbonyl (C=O) groups is 1. The average Bonchev–Trinajstić information content (AvgIpc) is 2.68. The monoisotopic (exact) mass is 393 g/mol. The lowest BCUT2D eigenvalue weighted by Crippen LogP contribution is -2.56. The second-order valence-corrected chi connectivity index (χ2v) is 8.31. The Hall–Kier alpha value is -1.99. The second kappa shape index (κ2) is 9.28. The van der Waals surface area contributed by atoms with Crippen molar-refractivity contribution in [3.05, 3.63) is 29.8 Å². The number of nitrogens with zero attached hydrogens (tertiary/aromatic N) is 4. The number of rotatable bonds is 7. The van der Waals surface area contributed by atoms with Gasteiger partial charge in [0.2, 0.25) is 5.91 Å². The highest BCUT2D eigenvalue weighted by atomic mass is 32.2. The van der Waals surface area contributed by atoms with Gasteiger partial charge in [-0.2, -0.15) is 22.3 Å². The predicted octanol–water partition coefficient (Wildman–Crippen LogP) is 1.09. The van der Waals surface area contributed by atoms with Crippen molar-refractivity contribution in [1.29, 1.82) is 5.26 Å². The molecule has 1 heterocycles. The van der Waals surface area contributed by atoms with E-state index >= 15 is 0 Å². The van der Waals surface area contributed by atoms with Crippen LogP contribution in [0, 0.1) is 11.3 Å². The van der Waals surface area contributed by atoms with Crippen molar-refractivity contribution in [2.45, 2.75) is 26.8 Å². The van der Waals surface area contributed by atoms with Gasteiger partial charge >= 0.3 is 0 Å². The van der Waals surface area contributed by atoms with Crippen molar-refractivity contribution in [3.63, 3.8) is 0 Å². The summed E-state index contributed by atoms with van der Waals surface area (Å²) < 4.78 is 28.1. The lowest BCUT2D eigenvalue weighted by molar-refractivity contribution is -0.121. The number of piperazine rings is 1. The van der Waals surface area contributed by atoms with Gasteiger partial charge in [0.25, 0.3) is 10.2 Å². The van der Waals surface area contributed by atoms with Crippen LogP contribution in [-0.2, 0) is 15.0 Å². The molecule has 1 aliphatic heterocycles. The number of anilines is 1. The highest BCUT2D eigenvalue weighted by molar-refractivity contribution is 7.86. The number of hydrogen-bond donors (Lipinski definition) is 1. The minimum atomic E-state index is -3.44. The van der Waals surface area contributed by atoms with Gasteiger partial charge in [0.05, 0.1) is 17.7 Å². The summed E-state index contributed by atoms with van der Waals surface area (Å²) in [7, 11) is -3.44. The van der Waals surface area contributed by atoms with Gasteiger partial charge in [0.15, 0.2) is 0 Å². The van der Waals surface area contributed by atoms with Crippen LogP contribution in [0.5, 0.6) is 0 Å². The Kier molecular flexibility index (Phi) is 7.33. The van der Waals surface area contributed by atoms with E-state index in [-0.39, 0.29) is 5.91 Å². The summed E-state index contributed by atoms with van der Waals surface area (Å²) in [5.41, 5.74) is 1.06. The molecule has 0 bridgehead atoms. The van der Waals surface area contributed by atoms with Crippen molar-refractivity contribution < 1.29 is 13.2 Å². The van der Waals surface area contributed by atoms with E-state index in [0.29, 0.717) is 50.5 Å². The van der Waals surface area contributed by atoms with Crippen molar-refractivity contribution in [1.82, 2.24) is 13.5 Å². The highest BCUT2D eigenvalue weighted by Crippen LogP contribution is 2.15. The van der Waals surface area contributed by atoms with Gasteiger partial charge in [0, 0.05) is 45.0 Å². The number of amides is 1. The smallest absolute Gasteiger partial charge is 0.282 e. The molecule has 1 N–H and O–H groups in total. The zero-order valence-corrected chi connectivity index (χ0v) is 16.9. The molecule has 1 aromatic rings. The van der Waals surface area contributed by atoms with Crippen LogP contribution < -0.4 is 5.32 Å². The Bertz CT molecular complexity index is 793. The van der Waals surface area contributed by atoms with E-state index in [0.717, 1.165) is 0 Å². The Morgan fingerprint density at radius 1 is 1.26 bits per heavy atom. The quantitative estimate of drug-likeness (QED) is 0.748. The molecule has 1 fully saturated rings. The first-order valence-corrected chi connectivity index (χ1v) is 10.5. The summed E-state index contributed by atoms with van der Waals surface area (Å²) >= 11 is 0. The molecule has 1 amide bonds. The molecule has 9 heteroatoms. The normalized spacial score (nSPS) is 17.4. The van der Waals surface area contributed by atoms with Crippen LogP contribution in [0.25, 0.3) is 0 Å². The van der Waals surface area contributed by atoms with Crippen molar-refractivity contribution in [3.8, 4) is 6.07 Å². The van der Waals surface area contributed by atoms with Crippen LogP contribution in [-0.4, -0.2) is 73.1 Å². The summed E-state index contributed by atoms with van der Waals surface area (Å²) in [5.74, 6) is -0.176.